The molecule has 128 valence electrons. The van der Waals surface area contributed by atoms with E-state index in [2.05, 4.69) is 36.6 Å². The van der Waals surface area contributed by atoms with Gasteiger partial charge in [0.1, 0.15) is 5.82 Å². The first-order chi connectivity index (χ1) is 12.4. The second kappa shape index (κ2) is 7.55. The van der Waals surface area contributed by atoms with Gasteiger partial charge in [0.25, 0.3) is 0 Å². The molecule has 0 amide bonds. The maximum Gasteiger partial charge on any atom is 0.140 e. The number of morpholine rings is 1. The van der Waals surface area contributed by atoms with E-state index < -0.39 is 0 Å². The van der Waals surface area contributed by atoms with Crippen LogP contribution in [0.2, 0.25) is 0 Å². The molecule has 3 aromatic rings. The van der Waals surface area contributed by atoms with Gasteiger partial charge in [0, 0.05) is 62.4 Å². The van der Waals surface area contributed by atoms with E-state index in [1.165, 1.54) is 5.56 Å². The predicted octanol–water partition coefficient (Wildman–Crippen LogP) is 2.41. The van der Waals surface area contributed by atoms with Gasteiger partial charge in [-0.2, -0.15) is 0 Å². The van der Waals surface area contributed by atoms with Crippen LogP contribution in [0.1, 0.15) is 11.6 Å². The standard InChI is InChI=1S/C19H21N5O/c1-5-20-6-2-16(1)18(23-11-13-25-14-12-23)15-24-10-9-22-19(24)17-3-7-21-8-4-17/h1-10,18H,11-15H2. The molecule has 0 aromatic carbocycles. The molecule has 4 heterocycles. The minimum Gasteiger partial charge on any atom is -0.379 e. The van der Waals surface area contributed by atoms with Crippen LogP contribution in [0.4, 0.5) is 0 Å². The summed E-state index contributed by atoms with van der Waals surface area (Å²) in [7, 11) is 0. The van der Waals surface area contributed by atoms with E-state index in [-0.39, 0.29) is 6.04 Å². The molecule has 25 heavy (non-hydrogen) atoms. The van der Waals surface area contributed by atoms with Crippen molar-refractivity contribution in [2.24, 2.45) is 0 Å². The predicted molar refractivity (Wildman–Crippen MR) is 94.8 cm³/mol. The van der Waals surface area contributed by atoms with Gasteiger partial charge in [-0.3, -0.25) is 14.9 Å². The molecule has 3 aromatic heterocycles. The summed E-state index contributed by atoms with van der Waals surface area (Å²) in [5.74, 6) is 0.967. The second-order valence-electron chi connectivity index (χ2n) is 6.08. The molecular weight excluding hydrogens is 314 g/mol. The lowest BCUT2D eigenvalue weighted by atomic mass is 10.1. The zero-order valence-electron chi connectivity index (χ0n) is 14.0. The van der Waals surface area contributed by atoms with Gasteiger partial charge in [-0.25, -0.2) is 4.98 Å². The van der Waals surface area contributed by atoms with Crippen molar-refractivity contribution < 1.29 is 4.74 Å². The van der Waals surface area contributed by atoms with E-state index in [0.717, 1.165) is 44.2 Å². The average molecular weight is 335 g/mol. The molecule has 0 N–H and O–H groups in total. The molecule has 1 fully saturated rings. The van der Waals surface area contributed by atoms with Gasteiger partial charge >= 0.3 is 0 Å². The first kappa shape index (κ1) is 15.9. The molecule has 0 saturated carbocycles. The Morgan fingerprint density at radius 3 is 2.32 bits per heavy atom. The fourth-order valence-electron chi connectivity index (χ4n) is 3.31. The van der Waals surface area contributed by atoms with Crippen molar-refractivity contribution in [3.63, 3.8) is 0 Å². The monoisotopic (exact) mass is 335 g/mol. The number of pyridine rings is 2. The molecule has 1 atom stereocenters. The van der Waals surface area contributed by atoms with Gasteiger partial charge in [-0.1, -0.05) is 0 Å². The summed E-state index contributed by atoms with van der Waals surface area (Å²) < 4.78 is 7.75. The molecule has 4 rings (SSSR count). The summed E-state index contributed by atoms with van der Waals surface area (Å²) in [5.41, 5.74) is 2.35. The summed E-state index contributed by atoms with van der Waals surface area (Å²) >= 11 is 0. The van der Waals surface area contributed by atoms with Crippen molar-refractivity contribution in [1.29, 1.82) is 0 Å². The lowest BCUT2D eigenvalue weighted by Gasteiger charge is -2.35. The van der Waals surface area contributed by atoms with E-state index in [4.69, 9.17) is 4.74 Å². The number of aromatic nitrogens is 4. The molecular formula is C19H21N5O. The molecule has 1 aliphatic rings. The molecule has 0 spiro atoms. The van der Waals surface area contributed by atoms with Crippen LogP contribution in [0, 0.1) is 0 Å². The molecule has 0 radical (unpaired) electrons. The summed E-state index contributed by atoms with van der Waals surface area (Å²) in [5, 5.41) is 0. The zero-order chi connectivity index (χ0) is 16.9. The fourth-order valence-corrected chi connectivity index (χ4v) is 3.31. The van der Waals surface area contributed by atoms with Crippen LogP contribution < -0.4 is 0 Å². The number of ether oxygens (including phenoxy) is 1. The minimum absolute atomic E-state index is 0.265. The van der Waals surface area contributed by atoms with E-state index in [1.807, 2.05) is 36.9 Å². The van der Waals surface area contributed by atoms with Crippen LogP contribution in [-0.4, -0.2) is 50.7 Å². The molecule has 6 nitrogen and oxygen atoms in total. The first-order valence-electron chi connectivity index (χ1n) is 8.55. The zero-order valence-corrected chi connectivity index (χ0v) is 14.0. The number of rotatable bonds is 5. The molecule has 1 saturated heterocycles. The normalized spacial score (nSPS) is 16.6. The Bertz CT molecular complexity index is 784. The number of hydrogen-bond donors (Lipinski definition) is 0. The Morgan fingerprint density at radius 2 is 1.60 bits per heavy atom. The number of hydrogen-bond acceptors (Lipinski definition) is 5. The van der Waals surface area contributed by atoms with Gasteiger partial charge in [0.05, 0.1) is 19.3 Å². The average Bonchev–Trinajstić information content (AvgIpc) is 3.16. The lowest BCUT2D eigenvalue weighted by molar-refractivity contribution is 0.0124. The highest BCUT2D eigenvalue weighted by atomic mass is 16.5. The van der Waals surface area contributed by atoms with Crippen LogP contribution in [-0.2, 0) is 11.3 Å². The van der Waals surface area contributed by atoms with E-state index in [0.29, 0.717) is 0 Å². The third kappa shape index (κ3) is 3.60. The van der Waals surface area contributed by atoms with E-state index >= 15 is 0 Å². The summed E-state index contributed by atoms with van der Waals surface area (Å²) in [6, 6.07) is 8.46. The topological polar surface area (TPSA) is 56.1 Å². The van der Waals surface area contributed by atoms with Gasteiger partial charge in [0.15, 0.2) is 0 Å². The Hall–Kier alpha value is -2.57. The Balaban J connectivity index is 1.64. The molecule has 0 aliphatic carbocycles. The smallest absolute Gasteiger partial charge is 0.140 e. The SMILES string of the molecule is c1cc(-c2nccn2CC(c2ccncc2)N2CCOCC2)ccn1. The number of nitrogens with zero attached hydrogens (tertiary/aromatic N) is 5. The lowest BCUT2D eigenvalue weighted by Crippen LogP contribution is -2.40. The van der Waals surface area contributed by atoms with Crippen molar-refractivity contribution in [2.75, 3.05) is 26.3 Å². The Morgan fingerprint density at radius 1 is 0.920 bits per heavy atom. The highest BCUT2D eigenvalue weighted by Gasteiger charge is 2.24. The molecule has 1 unspecified atom stereocenters. The van der Waals surface area contributed by atoms with Gasteiger partial charge < -0.3 is 9.30 Å². The highest BCUT2D eigenvalue weighted by molar-refractivity contribution is 5.54. The van der Waals surface area contributed by atoms with E-state index in [9.17, 15) is 0 Å². The van der Waals surface area contributed by atoms with Crippen molar-refractivity contribution >= 4 is 0 Å². The maximum absolute atomic E-state index is 5.53. The fraction of sp³-hybridized carbons (Fsp3) is 0.316. The summed E-state index contributed by atoms with van der Waals surface area (Å²) in [6.07, 6.45) is 11.2. The van der Waals surface area contributed by atoms with Gasteiger partial charge in [-0.05, 0) is 29.8 Å². The van der Waals surface area contributed by atoms with Gasteiger partial charge in [0.2, 0.25) is 0 Å². The van der Waals surface area contributed by atoms with Crippen molar-refractivity contribution in [3.05, 3.63) is 67.0 Å². The van der Waals surface area contributed by atoms with Crippen LogP contribution in [0.5, 0.6) is 0 Å². The molecule has 1 aliphatic heterocycles. The number of imidazole rings is 1. The minimum atomic E-state index is 0.265. The quantitative estimate of drug-likeness (QED) is 0.717. The van der Waals surface area contributed by atoms with Crippen LogP contribution in [0.15, 0.2) is 61.4 Å². The maximum atomic E-state index is 5.53. The van der Waals surface area contributed by atoms with Crippen LogP contribution in [0.3, 0.4) is 0 Å². The third-order valence-corrected chi connectivity index (χ3v) is 4.60. The van der Waals surface area contributed by atoms with Crippen molar-refractivity contribution in [2.45, 2.75) is 12.6 Å². The van der Waals surface area contributed by atoms with Gasteiger partial charge in [-0.15, -0.1) is 0 Å². The molecule has 0 bridgehead atoms. The van der Waals surface area contributed by atoms with Crippen LogP contribution in [0.25, 0.3) is 11.4 Å². The first-order valence-corrected chi connectivity index (χ1v) is 8.55. The van der Waals surface area contributed by atoms with Crippen LogP contribution >= 0.6 is 0 Å². The highest BCUT2D eigenvalue weighted by Crippen LogP contribution is 2.26. The van der Waals surface area contributed by atoms with E-state index in [1.54, 1.807) is 12.4 Å². The largest absolute Gasteiger partial charge is 0.379 e. The molecule has 6 heteroatoms. The Kier molecular flexibility index (Phi) is 4.81. The van der Waals surface area contributed by atoms with Crippen molar-refractivity contribution in [3.8, 4) is 11.4 Å². The summed E-state index contributed by atoms with van der Waals surface area (Å²) in [6.45, 7) is 4.27. The van der Waals surface area contributed by atoms with Crippen molar-refractivity contribution in [1.82, 2.24) is 24.4 Å². The summed E-state index contributed by atoms with van der Waals surface area (Å²) in [4.78, 5) is 15.3. The second-order valence-corrected chi connectivity index (χ2v) is 6.08. The Labute approximate surface area is 147 Å². The third-order valence-electron chi connectivity index (χ3n) is 4.60.